The Balaban J connectivity index is 1.64. The molecule has 3 N–H and O–H groups in total. The fraction of sp³-hybridized carbons (Fsp3) is 0.364. The summed E-state index contributed by atoms with van der Waals surface area (Å²) < 4.78 is 0. The van der Waals surface area contributed by atoms with Crippen LogP contribution in [0.1, 0.15) is 42.4 Å². The number of rotatable bonds is 5. The van der Waals surface area contributed by atoms with Crippen molar-refractivity contribution in [2.45, 2.75) is 51.6 Å². The molecule has 142 valence electrons. The molecule has 0 aliphatic heterocycles. The van der Waals surface area contributed by atoms with Gasteiger partial charge in [0.25, 0.3) is 0 Å². The second-order valence-electron chi connectivity index (χ2n) is 7.34. The number of benzene rings is 2. The lowest BCUT2D eigenvalue weighted by Gasteiger charge is -2.29. The molecule has 3 amide bonds. The first-order valence-corrected chi connectivity index (χ1v) is 9.47. The third-order valence-electron chi connectivity index (χ3n) is 5.31. The lowest BCUT2D eigenvalue weighted by Crippen LogP contribution is -2.57. The topological polar surface area (TPSA) is 70.2 Å². The number of hydrogen-bond acceptors (Lipinski definition) is 2. The van der Waals surface area contributed by atoms with Gasteiger partial charge in [-0.25, -0.2) is 4.79 Å². The molecule has 1 fully saturated rings. The third kappa shape index (κ3) is 4.67. The smallest absolute Gasteiger partial charge is 0.315 e. The summed E-state index contributed by atoms with van der Waals surface area (Å²) in [6, 6.07) is 15.3. The normalized spacial score (nSPS) is 15.2. The molecule has 5 heteroatoms. The lowest BCUT2D eigenvalue weighted by atomic mass is 9.96. The van der Waals surface area contributed by atoms with E-state index >= 15 is 0 Å². The van der Waals surface area contributed by atoms with Gasteiger partial charge in [0.2, 0.25) is 5.91 Å². The Morgan fingerprint density at radius 3 is 2.33 bits per heavy atom. The Bertz CT molecular complexity index is 812. The Kier molecular flexibility index (Phi) is 5.79. The van der Waals surface area contributed by atoms with Gasteiger partial charge in [-0.15, -0.1) is 0 Å². The van der Waals surface area contributed by atoms with Gasteiger partial charge >= 0.3 is 6.03 Å². The zero-order valence-corrected chi connectivity index (χ0v) is 16.0. The van der Waals surface area contributed by atoms with Crippen LogP contribution < -0.4 is 16.0 Å². The molecular formula is C22H27N3O2. The van der Waals surface area contributed by atoms with Crippen molar-refractivity contribution in [2.75, 3.05) is 5.32 Å². The zero-order valence-electron chi connectivity index (χ0n) is 16.0. The molecule has 0 spiro atoms. The third-order valence-corrected chi connectivity index (χ3v) is 5.31. The molecule has 5 nitrogen and oxygen atoms in total. The van der Waals surface area contributed by atoms with E-state index in [0.717, 1.165) is 29.7 Å². The van der Waals surface area contributed by atoms with E-state index in [2.05, 4.69) is 16.0 Å². The molecule has 0 bridgehead atoms. The lowest BCUT2D eigenvalue weighted by molar-refractivity contribution is -0.121. The molecule has 1 aliphatic rings. The predicted octanol–water partition coefficient (Wildman–Crippen LogP) is 4.05. The van der Waals surface area contributed by atoms with E-state index in [-0.39, 0.29) is 11.9 Å². The van der Waals surface area contributed by atoms with Crippen molar-refractivity contribution in [1.29, 1.82) is 0 Å². The minimum absolute atomic E-state index is 0.141. The first-order valence-electron chi connectivity index (χ1n) is 9.47. The van der Waals surface area contributed by atoms with E-state index in [0.29, 0.717) is 19.4 Å². The van der Waals surface area contributed by atoms with Gasteiger partial charge in [-0.2, -0.15) is 0 Å². The molecule has 2 aromatic carbocycles. The first-order chi connectivity index (χ1) is 13.0. The maximum absolute atomic E-state index is 13.0. The highest BCUT2D eigenvalue weighted by molar-refractivity contribution is 6.00. The number of hydrogen-bond donors (Lipinski definition) is 3. The molecule has 0 aromatic heterocycles. The fourth-order valence-corrected chi connectivity index (χ4v) is 3.50. The highest BCUT2D eigenvalue weighted by Crippen LogP contribution is 2.31. The monoisotopic (exact) mass is 365 g/mol. The molecule has 1 saturated carbocycles. The standard InChI is InChI=1S/C22H27N3O2/c1-16-10-11-19(14-17(16)2)24-20(26)22(12-6-7-13-22)25-21(27)23-15-18-8-4-3-5-9-18/h3-5,8-11,14H,6-7,12-13,15H2,1-2H3,(H,24,26)(H2,23,25,27). The van der Waals surface area contributed by atoms with E-state index in [1.165, 1.54) is 5.56 Å². The van der Waals surface area contributed by atoms with Gasteiger partial charge < -0.3 is 16.0 Å². The minimum Gasteiger partial charge on any atom is -0.334 e. The van der Waals surface area contributed by atoms with Crippen molar-refractivity contribution in [2.24, 2.45) is 0 Å². The number of urea groups is 1. The summed E-state index contributed by atoms with van der Waals surface area (Å²) in [4.78, 5) is 25.4. The molecule has 0 radical (unpaired) electrons. The molecule has 1 aliphatic carbocycles. The maximum Gasteiger partial charge on any atom is 0.315 e. The minimum atomic E-state index is -0.848. The van der Waals surface area contributed by atoms with Gasteiger partial charge in [-0.05, 0) is 55.5 Å². The molecule has 0 saturated heterocycles. The van der Waals surface area contributed by atoms with E-state index in [9.17, 15) is 9.59 Å². The van der Waals surface area contributed by atoms with Crippen molar-refractivity contribution in [3.8, 4) is 0 Å². The number of carbonyl (C=O) groups excluding carboxylic acids is 2. The molecule has 0 heterocycles. The van der Waals surface area contributed by atoms with Crippen LogP contribution in [0.15, 0.2) is 48.5 Å². The quantitative estimate of drug-likeness (QED) is 0.748. The van der Waals surface area contributed by atoms with Gasteiger partial charge in [0.15, 0.2) is 0 Å². The highest BCUT2D eigenvalue weighted by Gasteiger charge is 2.42. The van der Waals surface area contributed by atoms with Crippen LogP contribution >= 0.6 is 0 Å². The van der Waals surface area contributed by atoms with Crippen LogP contribution in [0.4, 0.5) is 10.5 Å². The number of nitrogens with one attached hydrogen (secondary N) is 3. The Morgan fingerprint density at radius 1 is 0.963 bits per heavy atom. The van der Waals surface area contributed by atoms with Crippen LogP contribution in [0, 0.1) is 13.8 Å². The summed E-state index contributed by atoms with van der Waals surface area (Å²) >= 11 is 0. The summed E-state index contributed by atoms with van der Waals surface area (Å²) in [5.74, 6) is -0.141. The number of anilines is 1. The van der Waals surface area contributed by atoms with Gasteiger partial charge in [-0.1, -0.05) is 49.2 Å². The van der Waals surface area contributed by atoms with Crippen LogP contribution in [0.25, 0.3) is 0 Å². The van der Waals surface area contributed by atoms with Crippen LogP contribution in [0.2, 0.25) is 0 Å². The Labute approximate surface area is 160 Å². The summed E-state index contributed by atoms with van der Waals surface area (Å²) in [5.41, 5.74) is 3.25. The SMILES string of the molecule is Cc1ccc(NC(=O)C2(NC(=O)NCc3ccccc3)CCCC2)cc1C. The Hall–Kier alpha value is -2.82. The number of aryl methyl sites for hydroxylation is 2. The molecule has 27 heavy (non-hydrogen) atoms. The summed E-state index contributed by atoms with van der Waals surface area (Å²) in [6.45, 7) is 4.49. The number of amides is 3. The summed E-state index contributed by atoms with van der Waals surface area (Å²) in [5, 5.41) is 8.79. The van der Waals surface area contributed by atoms with Crippen LogP contribution in [-0.2, 0) is 11.3 Å². The molecular weight excluding hydrogens is 338 g/mol. The van der Waals surface area contributed by atoms with Gasteiger partial charge in [0.05, 0.1) is 0 Å². The molecule has 0 atom stereocenters. The van der Waals surface area contributed by atoms with Crippen LogP contribution in [0.3, 0.4) is 0 Å². The largest absolute Gasteiger partial charge is 0.334 e. The second kappa shape index (κ2) is 8.25. The van der Waals surface area contributed by atoms with E-state index < -0.39 is 5.54 Å². The van der Waals surface area contributed by atoms with Crippen molar-refractivity contribution < 1.29 is 9.59 Å². The molecule has 2 aromatic rings. The average Bonchev–Trinajstić information content (AvgIpc) is 3.14. The van der Waals surface area contributed by atoms with Crippen LogP contribution in [-0.4, -0.2) is 17.5 Å². The van der Waals surface area contributed by atoms with Crippen molar-refractivity contribution in [3.05, 3.63) is 65.2 Å². The summed E-state index contributed by atoms with van der Waals surface area (Å²) in [6.07, 6.45) is 3.17. The average molecular weight is 365 g/mol. The van der Waals surface area contributed by atoms with Gasteiger partial charge in [0.1, 0.15) is 5.54 Å². The summed E-state index contributed by atoms with van der Waals surface area (Å²) in [7, 11) is 0. The first kappa shape index (κ1) is 19.0. The van der Waals surface area contributed by atoms with Gasteiger partial charge in [-0.3, -0.25) is 4.79 Å². The van der Waals surface area contributed by atoms with Crippen molar-refractivity contribution in [3.63, 3.8) is 0 Å². The van der Waals surface area contributed by atoms with E-state index in [1.807, 2.05) is 62.4 Å². The number of carbonyl (C=O) groups is 2. The molecule has 3 rings (SSSR count). The predicted molar refractivity (Wildman–Crippen MR) is 108 cm³/mol. The molecule has 0 unspecified atom stereocenters. The van der Waals surface area contributed by atoms with Gasteiger partial charge in [0, 0.05) is 12.2 Å². The maximum atomic E-state index is 13.0. The van der Waals surface area contributed by atoms with Crippen molar-refractivity contribution >= 4 is 17.6 Å². The van der Waals surface area contributed by atoms with E-state index in [1.54, 1.807) is 0 Å². The highest BCUT2D eigenvalue weighted by atomic mass is 16.2. The second-order valence-corrected chi connectivity index (χ2v) is 7.34. The van der Waals surface area contributed by atoms with E-state index in [4.69, 9.17) is 0 Å². The zero-order chi connectivity index (χ0) is 19.3. The van der Waals surface area contributed by atoms with Crippen molar-refractivity contribution in [1.82, 2.24) is 10.6 Å². The fourth-order valence-electron chi connectivity index (χ4n) is 3.50. The Morgan fingerprint density at radius 2 is 1.67 bits per heavy atom. The van der Waals surface area contributed by atoms with Crippen LogP contribution in [0.5, 0.6) is 0 Å².